The first-order valence-electron chi connectivity index (χ1n) is 4.88. The predicted molar refractivity (Wildman–Crippen MR) is 61.8 cm³/mol. The normalized spacial score (nSPS) is 11.9. The van der Waals surface area contributed by atoms with Gasteiger partial charge in [0.1, 0.15) is 5.52 Å². The van der Waals surface area contributed by atoms with Crippen molar-refractivity contribution in [3.05, 3.63) is 18.2 Å². The SMILES string of the molecule is CC(C)(C)Nc1nc2ccc(N)cc2o1. The average Bonchev–Trinajstić information content (AvgIpc) is 2.42. The van der Waals surface area contributed by atoms with Gasteiger partial charge in [-0.05, 0) is 32.9 Å². The molecule has 0 radical (unpaired) electrons. The van der Waals surface area contributed by atoms with E-state index in [1.165, 1.54) is 0 Å². The second kappa shape index (κ2) is 3.15. The highest BCUT2D eigenvalue weighted by Crippen LogP contribution is 2.22. The highest BCUT2D eigenvalue weighted by atomic mass is 16.4. The van der Waals surface area contributed by atoms with Gasteiger partial charge in [-0.3, -0.25) is 0 Å². The number of benzene rings is 1. The largest absolute Gasteiger partial charge is 0.423 e. The van der Waals surface area contributed by atoms with Crippen LogP contribution in [-0.4, -0.2) is 10.5 Å². The molecular weight excluding hydrogens is 190 g/mol. The maximum Gasteiger partial charge on any atom is 0.296 e. The highest BCUT2D eigenvalue weighted by Gasteiger charge is 2.13. The van der Waals surface area contributed by atoms with Crippen LogP contribution in [0.15, 0.2) is 22.6 Å². The van der Waals surface area contributed by atoms with E-state index in [-0.39, 0.29) is 5.54 Å². The van der Waals surface area contributed by atoms with Crippen LogP contribution in [-0.2, 0) is 0 Å². The standard InChI is InChI=1S/C11H15N3O/c1-11(2,3)14-10-13-8-5-4-7(12)6-9(8)15-10/h4-6H,12H2,1-3H3,(H,13,14). The number of hydrogen-bond acceptors (Lipinski definition) is 4. The van der Waals surface area contributed by atoms with E-state index in [1.807, 2.05) is 12.1 Å². The maximum absolute atomic E-state index is 5.65. The summed E-state index contributed by atoms with van der Waals surface area (Å²) in [5.74, 6) is 0. The summed E-state index contributed by atoms with van der Waals surface area (Å²) in [5, 5.41) is 3.17. The molecule has 2 aromatic rings. The van der Waals surface area contributed by atoms with Crippen molar-refractivity contribution in [1.29, 1.82) is 0 Å². The number of oxazole rings is 1. The zero-order valence-electron chi connectivity index (χ0n) is 9.16. The van der Waals surface area contributed by atoms with E-state index in [1.54, 1.807) is 6.07 Å². The van der Waals surface area contributed by atoms with Crippen molar-refractivity contribution >= 4 is 22.8 Å². The lowest BCUT2D eigenvalue weighted by Crippen LogP contribution is -2.26. The Kier molecular flexibility index (Phi) is 2.07. The lowest BCUT2D eigenvalue weighted by atomic mass is 10.1. The summed E-state index contributed by atoms with van der Waals surface area (Å²) in [6.45, 7) is 6.16. The molecule has 0 atom stereocenters. The molecule has 0 spiro atoms. The van der Waals surface area contributed by atoms with E-state index >= 15 is 0 Å². The summed E-state index contributed by atoms with van der Waals surface area (Å²) in [6, 6.07) is 5.97. The molecule has 0 aliphatic heterocycles. The van der Waals surface area contributed by atoms with Gasteiger partial charge >= 0.3 is 0 Å². The van der Waals surface area contributed by atoms with E-state index in [9.17, 15) is 0 Å². The van der Waals surface area contributed by atoms with Gasteiger partial charge in [-0.1, -0.05) is 0 Å². The average molecular weight is 205 g/mol. The topological polar surface area (TPSA) is 64.1 Å². The van der Waals surface area contributed by atoms with Crippen LogP contribution in [0.4, 0.5) is 11.7 Å². The third-order valence-electron chi connectivity index (χ3n) is 1.89. The van der Waals surface area contributed by atoms with Crippen LogP contribution < -0.4 is 11.1 Å². The van der Waals surface area contributed by atoms with Gasteiger partial charge in [-0.15, -0.1) is 0 Å². The first-order valence-corrected chi connectivity index (χ1v) is 4.88. The summed E-state index contributed by atoms with van der Waals surface area (Å²) in [6.07, 6.45) is 0. The van der Waals surface area contributed by atoms with Crippen molar-refractivity contribution in [3.8, 4) is 0 Å². The van der Waals surface area contributed by atoms with Gasteiger partial charge in [0.05, 0.1) is 0 Å². The molecule has 80 valence electrons. The molecule has 0 aliphatic carbocycles. The van der Waals surface area contributed by atoms with Crippen molar-refractivity contribution in [2.24, 2.45) is 0 Å². The summed E-state index contributed by atoms with van der Waals surface area (Å²) in [4.78, 5) is 4.31. The fourth-order valence-electron chi connectivity index (χ4n) is 1.32. The minimum Gasteiger partial charge on any atom is -0.423 e. The van der Waals surface area contributed by atoms with E-state index in [0.717, 1.165) is 5.52 Å². The number of nitrogen functional groups attached to an aromatic ring is 1. The number of fused-ring (bicyclic) bond motifs is 1. The number of rotatable bonds is 1. The third kappa shape index (κ3) is 2.21. The fraction of sp³-hybridized carbons (Fsp3) is 0.364. The van der Waals surface area contributed by atoms with Gasteiger partial charge in [0.15, 0.2) is 5.58 Å². The van der Waals surface area contributed by atoms with Crippen LogP contribution >= 0.6 is 0 Å². The minimum absolute atomic E-state index is 0.0631. The van der Waals surface area contributed by atoms with Crippen LogP contribution in [0.1, 0.15) is 20.8 Å². The molecule has 15 heavy (non-hydrogen) atoms. The van der Waals surface area contributed by atoms with E-state index in [2.05, 4.69) is 31.1 Å². The smallest absolute Gasteiger partial charge is 0.296 e. The molecule has 0 amide bonds. The number of nitrogens with one attached hydrogen (secondary N) is 1. The van der Waals surface area contributed by atoms with Crippen LogP contribution in [0.2, 0.25) is 0 Å². The van der Waals surface area contributed by atoms with Crippen LogP contribution in [0.3, 0.4) is 0 Å². The lowest BCUT2D eigenvalue weighted by molar-refractivity contribution is 0.555. The van der Waals surface area contributed by atoms with Crippen molar-refractivity contribution in [2.45, 2.75) is 26.3 Å². The molecule has 0 bridgehead atoms. The lowest BCUT2D eigenvalue weighted by Gasteiger charge is -2.18. The molecular formula is C11H15N3O. The minimum atomic E-state index is -0.0631. The van der Waals surface area contributed by atoms with Crippen LogP contribution in [0.25, 0.3) is 11.1 Å². The fourth-order valence-corrected chi connectivity index (χ4v) is 1.32. The Morgan fingerprint density at radius 2 is 2.07 bits per heavy atom. The summed E-state index contributed by atoms with van der Waals surface area (Å²) < 4.78 is 5.52. The van der Waals surface area contributed by atoms with Crippen molar-refractivity contribution < 1.29 is 4.42 Å². The van der Waals surface area contributed by atoms with E-state index in [4.69, 9.17) is 10.2 Å². The zero-order chi connectivity index (χ0) is 11.1. The van der Waals surface area contributed by atoms with Gasteiger partial charge in [-0.2, -0.15) is 4.98 Å². The molecule has 1 aromatic carbocycles. The second-order valence-electron chi connectivity index (χ2n) is 4.62. The molecule has 3 N–H and O–H groups in total. The summed E-state index contributed by atoms with van der Waals surface area (Å²) in [5.41, 5.74) is 7.80. The highest BCUT2D eigenvalue weighted by molar-refractivity contribution is 5.78. The molecule has 4 nitrogen and oxygen atoms in total. The van der Waals surface area contributed by atoms with Gasteiger partial charge in [0.25, 0.3) is 6.01 Å². The Hall–Kier alpha value is -1.71. The maximum atomic E-state index is 5.65. The molecule has 4 heteroatoms. The molecule has 0 saturated heterocycles. The Bertz CT molecular complexity index is 482. The van der Waals surface area contributed by atoms with Gasteiger partial charge in [-0.25, -0.2) is 0 Å². The van der Waals surface area contributed by atoms with Gasteiger partial charge in [0.2, 0.25) is 0 Å². The Morgan fingerprint density at radius 3 is 2.73 bits per heavy atom. The Balaban J connectivity index is 2.39. The van der Waals surface area contributed by atoms with Crippen molar-refractivity contribution in [2.75, 3.05) is 11.1 Å². The molecule has 0 fully saturated rings. The van der Waals surface area contributed by atoms with Crippen molar-refractivity contribution in [1.82, 2.24) is 4.98 Å². The summed E-state index contributed by atoms with van der Waals surface area (Å²) >= 11 is 0. The summed E-state index contributed by atoms with van der Waals surface area (Å²) in [7, 11) is 0. The van der Waals surface area contributed by atoms with Crippen LogP contribution in [0, 0.1) is 0 Å². The zero-order valence-corrected chi connectivity index (χ0v) is 9.16. The molecule has 1 aromatic heterocycles. The Labute approximate surface area is 88.5 Å². The monoisotopic (exact) mass is 205 g/mol. The van der Waals surface area contributed by atoms with E-state index in [0.29, 0.717) is 17.3 Å². The predicted octanol–water partition coefficient (Wildman–Crippen LogP) is 2.62. The number of aromatic nitrogens is 1. The first-order chi connectivity index (χ1) is 6.94. The second-order valence-corrected chi connectivity index (χ2v) is 4.62. The number of hydrogen-bond donors (Lipinski definition) is 2. The number of nitrogens with zero attached hydrogens (tertiary/aromatic N) is 1. The van der Waals surface area contributed by atoms with Gasteiger partial charge in [0, 0.05) is 17.3 Å². The third-order valence-corrected chi connectivity index (χ3v) is 1.89. The van der Waals surface area contributed by atoms with Crippen LogP contribution in [0.5, 0.6) is 0 Å². The number of anilines is 2. The molecule has 2 rings (SSSR count). The molecule has 0 aliphatic rings. The number of nitrogens with two attached hydrogens (primary N) is 1. The first kappa shape index (κ1) is 9.83. The quantitative estimate of drug-likeness (QED) is 0.702. The van der Waals surface area contributed by atoms with Gasteiger partial charge < -0.3 is 15.5 Å². The Morgan fingerprint density at radius 1 is 1.33 bits per heavy atom. The molecule has 0 unspecified atom stereocenters. The van der Waals surface area contributed by atoms with E-state index < -0.39 is 0 Å². The van der Waals surface area contributed by atoms with Crippen molar-refractivity contribution in [3.63, 3.8) is 0 Å². The molecule has 0 saturated carbocycles. The molecule has 1 heterocycles.